The highest BCUT2D eigenvalue weighted by Gasteiger charge is 2.25. The molecule has 1 fully saturated rings. The van der Waals surface area contributed by atoms with Crippen LogP contribution < -0.4 is 5.73 Å². The molecule has 1 aliphatic rings. The molecule has 1 aromatic carbocycles. The molecule has 0 aromatic heterocycles. The maximum absolute atomic E-state index is 5.85. The molecule has 0 amide bonds. The number of benzene rings is 1. The average molecular weight is 350 g/mol. The summed E-state index contributed by atoms with van der Waals surface area (Å²) in [5.74, 6) is 0. The Balaban J connectivity index is 0.00000220. The summed E-state index contributed by atoms with van der Waals surface area (Å²) in [6, 6.07) is 8.87. The minimum atomic E-state index is 0. The normalized spacial score (nSPS) is 19.3. The van der Waals surface area contributed by atoms with Crippen molar-refractivity contribution in [1.29, 1.82) is 0 Å². The minimum Gasteiger partial charge on any atom is -0.399 e. The van der Waals surface area contributed by atoms with E-state index in [2.05, 4.69) is 28.9 Å². The number of halogens is 2. The van der Waals surface area contributed by atoms with Gasteiger partial charge >= 0.3 is 0 Å². The van der Waals surface area contributed by atoms with Gasteiger partial charge in [0, 0.05) is 51.6 Å². The number of piperazine rings is 1. The van der Waals surface area contributed by atoms with Crippen molar-refractivity contribution in [1.82, 2.24) is 9.80 Å². The predicted octanol–water partition coefficient (Wildman–Crippen LogP) is 2.66. The van der Waals surface area contributed by atoms with Crippen molar-refractivity contribution in [3.05, 3.63) is 29.8 Å². The Hall–Kier alpha value is -0.520. The highest BCUT2D eigenvalue weighted by Crippen LogP contribution is 2.16. The molecule has 2 rings (SSSR count). The molecule has 1 atom stereocenters. The van der Waals surface area contributed by atoms with Gasteiger partial charge in [-0.3, -0.25) is 9.80 Å². The number of ether oxygens (including phenoxy) is 1. The maximum Gasteiger partial charge on any atom is 0.0589 e. The number of hydrogen-bond donors (Lipinski definition) is 1. The fraction of sp³-hybridized carbons (Fsp3) is 0.625. The van der Waals surface area contributed by atoms with Gasteiger partial charge in [0.15, 0.2) is 0 Å². The van der Waals surface area contributed by atoms with Gasteiger partial charge in [0.1, 0.15) is 0 Å². The zero-order valence-electron chi connectivity index (χ0n) is 13.5. The summed E-state index contributed by atoms with van der Waals surface area (Å²) in [6.07, 6.45) is 1.19. The van der Waals surface area contributed by atoms with Gasteiger partial charge in [-0.25, -0.2) is 0 Å². The van der Waals surface area contributed by atoms with Crippen LogP contribution in [0, 0.1) is 0 Å². The molecular weight excluding hydrogens is 321 g/mol. The number of anilines is 1. The number of rotatable bonds is 6. The monoisotopic (exact) mass is 349 g/mol. The lowest BCUT2D eigenvalue weighted by Crippen LogP contribution is -2.53. The van der Waals surface area contributed by atoms with Gasteiger partial charge in [-0.05, 0) is 24.1 Å². The van der Waals surface area contributed by atoms with Crippen molar-refractivity contribution < 1.29 is 4.74 Å². The first kappa shape index (κ1) is 21.5. The Kier molecular flexibility index (Phi) is 10.8. The van der Waals surface area contributed by atoms with Gasteiger partial charge in [-0.1, -0.05) is 19.1 Å². The van der Waals surface area contributed by atoms with Crippen molar-refractivity contribution in [3.8, 4) is 0 Å². The largest absolute Gasteiger partial charge is 0.399 e. The fourth-order valence-electron chi connectivity index (χ4n) is 2.94. The second-order valence-corrected chi connectivity index (χ2v) is 5.57. The first-order valence-corrected chi connectivity index (χ1v) is 7.52. The molecule has 2 N–H and O–H groups in total. The molecule has 0 saturated carbocycles. The summed E-state index contributed by atoms with van der Waals surface area (Å²) in [5.41, 5.74) is 8.02. The third-order valence-corrected chi connectivity index (χ3v) is 4.10. The third-order valence-electron chi connectivity index (χ3n) is 4.10. The highest BCUT2D eigenvalue weighted by atomic mass is 35.5. The number of methoxy groups -OCH3 is 1. The average Bonchev–Trinajstić information content (AvgIpc) is 2.46. The van der Waals surface area contributed by atoms with E-state index >= 15 is 0 Å². The molecule has 1 saturated heterocycles. The highest BCUT2D eigenvalue weighted by molar-refractivity contribution is 5.85. The number of hydrogen-bond acceptors (Lipinski definition) is 4. The molecule has 6 heteroatoms. The smallest absolute Gasteiger partial charge is 0.0589 e. The summed E-state index contributed by atoms with van der Waals surface area (Å²) >= 11 is 0. The molecule has 0 aliphatic carbocycles. The van der Waals surface area contributed by atoms with Crippen molar-refractivity contribution in [3.63, 3.8) is 0 Å². The van der Waals surface area contributed by atoms with E-state index in [1.165, 1.54) is 12.0 Å². The number of nitrogens with two attached hydrogens (primary N) is 1. The van der Waals surface area contributed by atoms with Crippen LogP contribution in [0.4, 0.5) is 5.69 Å². The standard InChI is InChI=1S/C16H27N3O.2ClH/c1-3-16-13-18(7-8-19(16)9-10-20-2)12-14-5-4-6-15(17)11-14;;/h4-6,11,16H,3,7-10,12-13,17H2,1-2H3;2*1H. The second kappa shape index (κ2) is 11.1. The lowest BCUT2D eigenvalue weighted by Gasteiger charge is -2.41. The molecule has 1 heterocycles. The predicted molar refractivity (Wildman–Crippen MR) is 98.2 cm³/mol. The van der Waals surface area contributed by atoms with Crippen LogP contribution in [-0.2, 0) is 11.3 Å². The SMILES string of the molecule is CCC1CN(Cc2cccc(N)c2)CCN1CCOC.Cl.Cl. The molecule has 1 aliphatic heterocycles. The molecule has 22 heavy (non-hydrogen) atoms. The lowest BCUT2D eigenvalue weighted by atomic mass is 10.1. The van der Waals surface area contributed by atoms with E-state index in [0.29, 0.717) is 6.04 Å². The Morgan fingerprint density at radius 1 is 1.27 bits per heavy atom. The molecule has 0 bridgehead atoms. The maximum atomic E-state index is 5.85. The van der Waals surface area contributed by atoms with Crippen LogP contribution in [0.3, 0.4) is 0 Å². The van der Waals surface area contributed by atoms with Crippen LogP contribution in [0.2, 0.25) is 0 Å². The Morgan fingerprint density at radius 2 is 2.05 bits per heavy atom. The fourth-order valence-corrected chi connectivity index (χ4v) is 2.94. The Bertz CT molecular complexity index is 420. The Labute approximate surface area is 146 Å². The van der Waals surface area contributed by atoms with Gasteiger partial charge in [0.05, 0.1) is 6.61 Å². The molecule has 4 nitrogen and oxygen atoms in total. The summed E-state index contributed by atoms with van der Waals surface area (Å²) < 4.78 is 5.20. The molecule has 0 radical (unpaired) electrons. The summed E-state index contributed by atoms with van der Waals surface area (Å²) in [6.45, 7) is 8.52. The van der Waals surface area contributed by atoms with Crippen LogP contribution in [0.25, 0.3) is 0 Å². The number of nitrogens with zero attached hydrogens (tertiary/aromatic N) is 2. The van der Waals surface area contributed by atoms with Gasteiger partial charge in [-0.2, -0.15) is 0 Å². The molecule has 1 unspecified atom stereocenters. The van der Waals surface area contributed by atoms with Crippen LogP contribution >= 0.6 is 24.8 Å². The van der Waals surface area contributed by atoms with Crippen molar-refractivity contribution in [2.24, 2.45) is 0 Å². The zero-order chi connectivity index (χ0) is 14.4. The van der Waals surface area contributed by atoms with E-state index in [1.54, 1.807) is 7.11 Å². The summed E-state index contributed by atoms with van der Waals surface area (Å²) in [7, 11) is 1.77. The van der Waals surface area contributed by atoms with Crippen LogP contribution in [0.15, 0.2) is 24.3 Å². The van der Waals surface area contributed by atoms with E-state index in [9.17, 15) is 0 Å². The summed E-state index contributed by atoms with van der Waals surface area (Å²) in [5, 5.41) is 0. The first-order chi connectivity index (χ1) is 9.72. The topological polar surface area (TPSA) is 41.7 Å². The van der Waals surface area contributed by atoms with Crippen LogP contribution in [-0.4, -0.2) is 55.7 Å². The molecule has 128 valence electrons. The quantitative estimate of drug-likeness (QED) is 0.801. The number of nitrogen functional groups attached to an aromatic ring is 1. The van der Waals surface area contributed by atoms with Gasteiger partial charge in [0.25, 0.3) is 0 Å². The Morgan fingerprint density at radius 3 is 2.68 bits per heavy atom. The summed E-state index contributed by atoms with van der Waals surface area (Å²) in [4.78, 5) is 5.09. The van der Waals surface area contributed by atoms with Gasteiger partial charge in [-0.15, -0.1) is 24.8 Å². The van der Waals surface area contributed by atoms with E-state index in [1.807, 2.05) is 12.1 Å². The van der Waals surface area contributed by atoms with Gasteiger partial charge in [0.2, 0.25) is 0 Å². The van der Waals surface area contributed by atoms with E-state index in [0.717, 1.165) is 45.0 Å². The van der Waals surface area contributed by atoms with E-state index in [-0.39, 0.29) is 24.8 Å². The van der Waals surface area contributed by atoms with Crippen molar-refractivity contribution in [2.75, 3.05) is 45.6 Å². The van der Waals surface area contributed by atoms with Crippen LogP contribution in [0.5, 0.6) is 0 Å². The van der Waals surface area contributed by atoms with Crippen LogP contribution in [0.1, 0.15) is 18.9 Å². The van der Waals surface area contributed by atoms with Crippen molar-refractivity contribution in [2.45, 2.75) is 25.9 Å². The van der Waals surface area contributed by atoms with E-state index < -0.39 is 0 Å². The van der Waals surface area contributed by atoms with E-state index in [4.69, 9.17) is 10.5 Å². The van der Waals surface area contributed by atoms with Crippen molar-refractivity contribution >= 4 is 30.5 Å². The first-order valence-electron chi connectivity index (χ1n) is 7.52. The molecule has 0 spiro atoms. The lowest BCUT2D eigenvalue weighted by molar-refractivity contribution is 0.0465. The second-order valence-electron chi connectivity index (χ2n) is 5.57. The molecular formula is C16H29Cl2N3O. The zero-order valence-corrected chi connectivity index (χ0v) is 15.2. The van der Waals surface area contributed by atoms with Gasteiger partial charge < -0.3 is 10.5 Å². The minimum absolute atomic E-state index is 0. The third kappa shape index (κ3) is 6.31. The molecule has 1 aromatic rings.